The Labute approximate surface area is 104 Å². The molecule has 18 heavy (non-hydrogen) atoms. The maximum absolute atomic E-state index is 12.3. The first-order chi connectivity index (χ1) is 8.65. The summed E-state index contributed by atoms with van der Waals surface area (Å²) in [6, 6.07) is 3.30. The molecule has 5 heteroatoms. The normalized spacial score (nSPS) is 25.4. The number of aromatic carboxylic acids is 1. The van der Waals surface area contributed by atoms with E-state index in [1.807, 2.05) is 4.90 Å². The van der Waals surface area contributed by atoms with E-state index in [2.05, 4.69) is 4.98 Å². The van der Waals surface area contributed by atoms with Crippen LogP contribution in [0.25, 0.3) is 0 Å². The standard InChI is InChI=1S/C13H14N2O3/c16-12(15-7-8-1-3-10(15)5-8)9-2-4-11(13(17)18)14-6-9/h2,4,6,8,10H,1,3,5,7H2,(H,17,18). The highest BCUT2D eigenvalue weighted by molar-refractivity contribution is 5.95. The summed E-state index contributed by atoms with van der Waals surface area (Å²) in [5, 5.41) is 8.75. The van der Waals surface area contributed by atoms with Crippen molar-refractivity contribution in [1.29, 1.82) is 0 Å². The maximum atomic E-state index is 12.3. The average molecular weight is 246 g/mol. The molecule has 1 amide bonds. The van der Waals surface area contributed by atoms with Crippen LogP contribution in [0.1, 0.15) is 40.1 Å². The van der Waals surface area contributed by atoms with Gasteiger partial charge >= 0.3 is 5.97 Å². The van der Waals surface area contributed by atoms with Crippen molar-refractivity contribution in [1.82, 2.24) is 9.88 Å². The first kappa shape index (κ1) is 11.2. The number of aromatic nitrogens is 1. The predicted octanol–water partition coefficient (Wildman–Crippen LogP) is 1.40. The number of likely N-dealkylation sites (tertiary alicyclic amines) is 1. The lowest BCUT2D eigenvalue weighted by atomic mass is 10.1. The highest BCUT2D eigenvalue weighted by atomic mass is 16.4. The van der Waals surface area contributed by atoms with Gasteiger partial charge in [0.2, 0.25) is 0 Å². The molecule has 0 spiro atoms. The summed E-state index contributed by atoms with van der Waals surface area (Å²) in [4.78, 5) is 28.6. The minimum Gasteiger partial charge on any atom is -0.477 e. The fraction of sp³-hybridized carbons (Fsp3) is 0.462. The highest BCUT2D eigenvalue weighted by Gasteiger charge is 2.40. The van der Waals surface area contributed by atoms with Gasteiger partial charge in [-0.1, -0.05) is 0 Å². The Hall–Kier alpha value is -1.91. The number of hydrogen-bond acceptors (Lipinski definition) is 3. The maximum Gasteiger partial charge on any atom is 0.354 e. The second-order valence-corrected chi connectivity index (χ2v) is 5.03. The van der Waals surface area contributed by atoms with Crippen LogP contribution < -0.4 is 0 Å². The molecule has 2 bridgehead atoms. The van der Waals surface area contributed by atoms with Gasteiger partial charge in [-0.05, 0) is 37.3 Å². The van der Waals surface area contributed by atoms with Gasteiger partial charge in [-0.3, -0.25) is 4.79 Å². The molecule has 1 N–H and O–H groups in total. The zero-order chi connectivity index (χ0) is 12.7. The van der Waals surface area contributed by atoms with Crippen molar-refractivity contribution in [2.24, 2.45) is 5.92 Å². The van der Waals surface area contributed by atoms with E-state index in [9.17, 15) is 9.59 Å². The van der Waals surface area contributed by atoms with Crippen LogP contribution >= 0.6 is 0 Å². The molecule has 3 rings (SSSR count). The highest BCUT2D eigenvalue weighted by Crippen LogP contribution is 2.37. The molecule has 1 aliphatic carbocycles. The molecule has 1 saturated carbocycles. The Balaban J connectivity index is 1.78. The van der Waals surface area contributed by atoms with E-state index in [0.717, 1.165) is 19.4 Å². The predicted molar refractivity (Wildman–Crippen MR) is 63.4 cm³/mol. The third-order valence-corrected chi connectivity index (χ3v) is 3.90. The molecule has 2 aliphatic rings. The summed E-state index contributed by atoms with van der Waals surface area (Å²) in [6.45, 7) is 0.837. The number of amides is 1. The Morgan fingerprint density at radius 2 is 2.17 bits per heavy atom. The minimum absolute atomic E-state index is 0.0216. The SMILES string of the molecule is O=C(O)c1ccc(C(=O)N2CC3CCC2C3)cn1. The van der Waals surface area contributed by atoms with Crippen molar-refractivity contribution in [3.05, 3.63) is 29.6 Å². The number of carbonyl (C=O) groups excluding carboxylic acids is 1. The van der Waals surface area contributed by atoms with Gasteiger partial charge in [-0.15, -0.1) is 0 Å². The van der Waals surface area contributed by atoms with Gasteiger partial charge in [0.15, 0.2) is 0 Å². The topological polar surface area (TPSA) is 70.5 Å². The summed E-state index contributed by atoms with van der Waals surface area (Å²) >= 11 is 0. The number of hydrogen-bond donors (Lipinski definition) is 1. The molecule has 2 fully saturated rings. The van der Waals surface area contributed by atoms with E-state index in [0.29, 0.717) is 17.5 Å². The van der Waals surface area contributed by atoms with Crippen LogP contribution in [0.5, 0.6) is 0 Å². The zero-order valence-electron chi connectivity index (χ0n) is 9.87. The Kier molecular flexibility index (Phi) is 2.54. The van der Waals surface area contributed by atoms with Crippen molar-refractivity contribution in [3.63, 3.8) is 0 Å². The van der Waals surface area contributed by atoms with Crippen LogP contribution in [0.2, 0.25) is 0 Å². The summed E-state index contributed by atoms with van der Waals surface area (Å²) in [5.41, 5.74) is 0.446. The minimum atomic E-state index is -1.07. The zero-order valence-corrected chi connectivity index (χ0v) is 9.87. The summed E-state index contributed by atoms with van der Waals surface area (Å²) < 4.78 is 0. The van der Waals surface area contributed by atoms with Gasteiger partial charge in [-0.2, -0.15) is 0 Å². The number of carbonyl (C=O) groups is 2. The summed E-state index contributed by atoms with van der Waals surface area (Å²) in [7, 11) is 0. The summed E-state index contributed by atoms with van der Waals surface area (Å²) in [5.74, 6) is -0.439. The number of pyridine rings is 1. The van der Waals surface area contributed by atoms with Crippen molar-refractivity contribution in [3.8, 4) is 0 Å². The Bertz CT molecular complexity index is 497. The molecule has 2 heterocycles. The van der Waals surface area contributed by atoms with Crippen molar-refractivity contribution in [2.75, 3.05) is 6.54 Å². The van der Waals surface area contributed by atoms with Crippen LogP contribution in [0.3, 0.4) is 0 Å². The Morgan fingerprint density at radius 3 is 2.67 bits per heavy atom. The molecule has 1 aliphatic heterocycles. The molecule has 1 saturated heterocycles. The molecule has 0 aromatic carbocycles. The number of nitrogens with zero attached hydrogens (tertiary/aromatic N) is 2. The van der Waals surface area contributed by atoms with Crippen LogP contribution in [0.4, 0.5) is 0 Å². The number of piperidine rings is 1. The third kappa shape index (κ3) is 1.75. The van der Waals surface area contributed by atoms with Crippen LogP contribution in [0.15, 0.2) is 18.3 Å². The van der Waals surface area contributed by atoms with Crippen molar-refractivity contribution >= 4 is 11.9 Å². The van der Waals surface area contributed by atoms with Gasteiger partial charge in [-0.25, -0.2) is 9.78 Å². The molecular formula is C13H14N2O3. The molecule has 94 valence electrons. The van der Waals surface area contributed by atoms with Crippen molar-refractivity contribution in [2.45, 2.75) is 25.3 Å². The molecule has 2 atom stereocenters. The van der Waals surface area contributed by atoms with Gasteiger partial charge in [0.25, 0.3) is 5.91 Å². The van der Waals surface area contributed by atoms with E-state index >= 15 is 0 Å². The fourth-order valence-electron chi connectivity index (χ4n) is 2.99. The van der Waals surface area contributed by atoms with Crippen LogP contribution in [-0.2, 0) is 0 Å². The van der Waals surface area contributed by atoms with E-state index in [1.54, 1.807) is 6.07 Å². The average Bonchev–Trinajstić information content (AvgIpc) is 3.00. The fourth-order valence-corrected chi connectivity index (χ4v) is 2.99. The van der Waals surface area contributed by atoms with E-state index < -0.39 is 5.97 Å². The van der Waals surface area contributed by atoms with Gasteiger partial charge in [0.1, 0.15) is 5.69 Å². The first-order valence-electron chi connectivity index (χ1n) is 6.15. The number of carboxylic acid groups (broad SMARTS) is 1. The van der Waals surface area contributed by atoms with E-state index in [1.165, 1.54) is 18.7 Å². The van der Waals surface area contributed by atoms with Gasteiger partial charge < -0.3 is 10.0 Å². The molecule has 5 nitrogen and oxygen atoms in total. The molecule has 1 aromatic heterocycles. The molecule has 0 radical (unpaired) electrons. The second kappa shape index (κ2) is 4.08. The lowest BCUT2D eigenvalue weighted by Gasteiger charge is -2.26. The lowest BCUT2D eigenvalue weighted by Crippen LogP contribution is -2.37. The monoisotopic (exact) mass is 246 g/mol. The van der Waals surface area contributed by atoms with Crippen LogP contribution in [-0.4, -0.2) is 39.5 Å². The van der Waals surface area contributed by atoms with Crippen molar-refractivity contribution < 1.29 is 14.7 Å². The quantitative estimate of drug-likeness (QED) is 0.856. The smallest absolute Gasteiger partial charge is 0.354 e. The first-order valence-corrected chi connectivity index (χ1v) is 6.15. The van der Waals surface area contributed by atoms with Crippen LogP contribution in [0, 0.1) is 5.92 Å². The Morgan fingerprint density at radius 1 is 1.33 bits per heavy atom. The number of carboxylic acids is 1. The number of rotatable bonds is 2. The van der Waals surface area contributed by atoms with E-state index in [-0.39, 0.29) is 11.6 Å². The number of fused-ring (bicyclic) bond motifs is 2. The largest absolute Gasteiger partial charge is 0.477 e. The molecule has 2 unspecified atom stereocenters. The lowest BCUT2D eigenvalue weighted by molar-refractivity contribution is 0.0680. The molecule has 1 aromatic rings. The third-order valence-electron chi connectivity index (χ3n) is 3.90. The van der Waals surface area contributed by atoms with Gasteiger partial charge in [0.05, 0.1) is 5.56 Å². The van der Waals surface area contributed by atoms with E-state index in [4.69, 9.17) is 5.11 Å². The molecular weight excluding hydrogens is 232 g/mol. The summed E-state index contributed by atoms with van der Waals surface area (Å²) in [6.07, 6.45) is 4.80. The second-order valence-electron chi connectivity index (χ2n) is 5.03. The van der Waals surface area contributed by atoms with Gasteiger partial charge in [0, 0.05) is 18.8 Å².